The summed E-state index contributed by atoms with van der Waals surface area (Å²) in [6.45, 7) is 26.7. The molecule has 0 spiro atoms. The molecule has 2 nitrogen and oxygen atoms in total. The van der Waals surface area contributed by atoms with Gasteiger partial charge in [0.25, 0.3) is 0 Å². The van der Waals surface area contributed by atoms with Crippen LogP contribution in [0.3, 0.4) is 0 Å². The van der Waals surface area contributed by atoms with Crippen LogP contribution in [0.15, 0.2) is 0 Å². The Morgan fingerprint density at radius 1 is 0.429 bits per heavy atom. The number of carbonyl (C=O) groups excluding carboxylic acids is 1. The summed E-state index contributed by atoms with van der Waals surface area (Å²) in [5.74, 6) is 0.344. The van der Waals surface area contributed by atoms with Crippen LogP contribution in [0.5, 0.6) is 0 Å². The van der Waals surface area contributed by atoms with E-state index < -0.39 is 0 Å². The molecule has 0 bridgehead atoms. The molecule has 0 unspecified atom stereocenters. The fourth-order valence-electron chi connectivity index (χ4n) is 3.57. The summed E-state index contributed by atoms with van der Waals surface area (Å²) in [4.78, 5) is 13.6. The maximum Gasteiger partial charge on any atom is 0.129 e. The Morgan fingerprint density at radius 3 is 1.09 bits per heavy atom. The molecule has 218 valence electrons. The highest BCUT2D eigenvalue weighted by atomic mass is 16.1. The van der Waals surface area contributed by atoms with Crippen molar-refractivity contribution in [2.45, 2.75) is 192 Å². The van der Waals surface area contributed by atoms with Gasteiger partial charge in [0.05, 0.1) is 0 Å². The predicted octanol–water partition coefficient (Wildman–Crippen LogP) is 12.0. The van der Waals surface area contributed by atoms with E-state index in [-0.39, 0.29) is 0 Å². The second kappa shape index (κ2) is 50.5. The van der Waals surface area contributed by atoms with E-state index in [9.17, 15) is 4.79 Å². The Labute approximate surface area is 226 Å². The highest BCUT2D eigenvalue weighted by molar-refractivity contribution is 5.75. The van der Waals surface area contributed by atoms with Crippen LogP contribution in [-0.2, 0) is 4.79 Å². The number of rotatable bonds is 21. The molecule has 0 aliphatic rings. The summed E-state index contributed by atoms with van der Waals surface area (Å²) < 4.78 is 0. The van der Waals surface area contributed by atoms with E-state index in [1.165, 1.54) is 122 Å². The summed E-state index contributed by atoms with van der Waals surface area (Å²) >= 11 is 0. The van der Waals surface area contributed by atoms with Crippen molar-refractivity contribution in [1.82, 2.24) is 4.90 Å². The zero-order valence-corrected chi connectivity index (χ0v) is 27.2. The number of nitrogens with zero attached hydrogens (tertiary/aromatic N) is 1. The highest BCUT2D eigenvalue weighted by Crippen LogP contribution is 2.10. The van der Waals surface area contributed by atoms with Crippen LogP contribution in [0.4, 0.5) is 0 Å². The van der Waals surface area contributed by atoms with Crippen molar-refractivity contribution in [2.24, 2.45) is 0 Å². The molecule has 0 aromatic rings. The predicted molar refractivity (Wildman–Crippen MR) is 167 cm³/mol. The molecule has 0 aromatic heterocycles. The molecule has 0 saturated heterocycles. The summed E-state index contributed by atoms with van der Waals surface area (Å²) in [7, 11) is 0. The van der Waals surface area contributed by atoms with Gasteiger partial charge in [-0.15, -0.1) is 0 Å². The molecule has 0 aliphatic heterocycles. The van der Waals surface area contributed by atoms with Gasteiger partial charge in [0.1, 0.15) is 5.78 Å². The lowest BCUT2D eigenvalue weighted by Crippen LogP contribution is -2.27. The smallest absolute Gasteiger partial charge is 0.129 e. The molecule has 0 heterocycles. The average Bonchev–Trinajstić information content (AvgIpc) is 2.90. The SMILES string of the molecule is CC.CC.CC.CCCCCC.CCCCCCN(CCCC)CCCCCCCCCC(C)=O. The molecule has 0 N–H and O–H groups in total. The van der Waals surface area contributed by atoms with Crippen molar-refractivity contribution >= 4 is 5.78 Å². The van der Waals surface area contributed by atoms with Crippen molar-refractivity contribution in [3.63, 3.8) is 0 Å². The molecule has 0 saturated carbocycles. The van der Waals surface area contributed by atoms with Crippen molar-refractivity contribution in [1.29, 1.82) is 0 Å². The molecule has 0 atom stereocenters. The first kappa shape index (κ1) is 44.6. The number of unbranched alkanes of at least 4 members (excludes halogenated alkanes) is 13. The Balaban J connectivity index is -0.000000210. The maximum absolute atomic E-state index is 10.9. The Morgan fingerprint density at radius 2 is 0.714 bits per heavy atom. The Kier molecular flexibility index (Phi) is 64.4. The number of ketones is 1. The van der Waals surface area contributed by atoms with Crippen molar-refractivity contribution < 1.29 is 4.79 Å². The summed E-state index contributed by atoms with van der Waals surface area (Å²) in [5, 5.41) is 0. The first-order chi connectivity index (χ1) is 17.1. The zero-order valence-electron chi connectivity index (χ0n) is 27.2. The lowest BCUT2D eigenvalue weighted by atomic mass is 10.1. The number of hydrogen-bond acceptors (Lipinski definition) is 2. The molecule has 0 aromatic carbocycles. The van der Waals surface area contributed by atoms with Crippen LogP contribution in [-0.4, -0.2) is 30.3 Å². The summed E-state index contributed by atoms with van der Waals surface area (Å²) in [5.41, 5.74) is 0. The van der Waals surface area contributed by atoms with Gasteiger partial charge in [-0.3, -0.25) is 0 Å². The van der Waals surface area contributed by atoms with Crippen LogP contribution in [0.1, 0.15) is 192 Å². The van der Waals surface area contributed by atoms with Crippen molar-refractivity contribution in [2.75, 3.05) is 19.6 Å². The van der Waals surface area contributed by atoms with Crippen LogP contribution >= 0.6 is 0 Å². The van der Waals surface area contributed by atoms with E-state index >= 15 is 0 Å². The Bertz CT molecular complexity index is 299. The molecule has 2 heteroatoms. The van der Waals surface area contributed by atoms with Crippen LogP contribution < -0.4 is 0 Å². The van der Waals surface area contributed by atoms with Gasteiger partial charge in [-0.25, -0.2) is 0 Å². The van der Waals surface area contributed by atoms with E-state index in [1.54, 1.807) is 6.92 Å². The maximum atomic E-state index is 10.9. The van der Waals surface area contributed by atoms with Gasteiger partial charge >= 0.3 is 0 Å². The van der Waals surface area contributed by atoms with Gasteiger partial charge in [0.2, 0.25) is 0 Å². The lowest BCUT2D eigenvalue weighted by Gasteiger charge is -2.22. The summed E-state index contributed by atoms with van der Waals surface area (Å²) in [6.07, 6.45) is 23.6. The number of carbonyl (C=O) groups is 1. The molecule has 0 fully saturated rings. The van der Waals surface area contributed by atoms with Crippen LogP contribution in [0.2, 0.25) is 0 Å². The largest absolute Gasteiger partial charge is 0.303 e. The van der Waals surface area contributed by atoms with Gasteiger partial charge in [-0.2, -0.15) is 0 Å². The normalized spacial score (nSPS) is 9.49. The highest BCUT2D eigenvalue weighted by Gasteiger charge is 2.04. The third kappa shape index (κ3) is 55.5. The van der Waals surface area contributed by atoms with Gasteiger partial charge in [-0.1, -0.05) is 153 Å². The summed E-state index contributed by atoms with van der Waals surface area (Å²) in [6, 6.07) is 0. The van der Waals surface area contributed by atoms with Crippen LogP contribution in [0.25, 0.3) is 0 Å². The first-order valence-corrected chi connectivity index (χ1v) is 16.3. The standard InChI is InChI=1S/C21H43NO.C6H14.3C2H6/c1-4-6-8-15-19-22(18-7-5-2)20-16-13-11-9-10-12-14-17-21(3)23;1-3-5-6-4-2;3*1-2/h4-20H2,1-3H3;3-6H2,1-2H3;3*1-2H3. The minimum atomic E-state index is 0.344. The van der Waals surface area contributed by atoms with Gasteiger partial charge in [0.15, 0.2) is 0 Å². The van der Waals surface area contributed by atoms with E-state index in [1.807, 2.05) is 41.5 Å². The molecular weight excluding hydrogens is 426 g/mol. The molecule has 0 radical (unpaired) electrons. The van der Waals surface area contributed by atoms with Gasteiger partial charge in [-0.05, 0) is 52.2 Å². The fourth-order valence-corrected chi connectivity index (χ4v) is 3.57. The molecule has 0 amide bonds. The number of hydrogen-bond donors (Lipinski definition) is 0. The third-order valence-corrected chi connectivity index (χ3v) is 5.62. The third-order valence-electron chi connectivity index (χ3n) is 5.62. The molecule has 0 aliphatic carbocycles. The first-order valence-electron chi connectivity index (χ1n) is 16.3. The topological polar surface area (TPSA) is 20.3 Å². The minimum Gasteiger partial charge on any atom is -0.303 e. The van der Waals surface area contributed by atoms with Gasteiger partial charge < -0.3 is 9.69 Å². The van der Waals surface area contributed by atoms with E-state index in [0.29, 0.717) is 5.78 Å². The second-order valence-electron chi connectivity index (χ2n) is 8.89. The quantitative estimate of drug-likeness (QED) is 0.146. The average molecular weight is 502 g/mol. The van der Waals surface area contributed by atoms with Gasteiger partial charge in [0, 0.05) is 6.42 Å². The van der Waals surface area contributed by atoms with Crippen LogP contribution in [0, 0.1) is 0 Å². The monoisotopic (exact) mass is 502 g/mol. The minimum absolute atomic E-state index is 0.344. The lowest BCUT2D eigenvalue weighted by molar-refractivity contribution is -0.117. The van der Waals surface area contributed by atoms with E-state index in [4.69, 9.17) is 0 Å². The van der Waals surface area contributed by atoms with Crippen molar-refractivity contribution in [3.05, 3.63) is 0 Å². The Hall–Kier alpha value is -0.370. The van der Waals surface area contributed by atoms with E-state index in [0.717, 1.165) is 12.8 Å². The van der Waals surface area contributed by atoms with E-state index in [2.05, 4.69) is 32.6 Å². The molecule has 35 heavy (non-hydrogen) atoms. The zero-order chi connectivity index (χ0) is 28.0. The fraction of sp³-hybridized carbons (Fsp3) is 0.970. The van der Waals surface area contributed by atoms with Crippen molar-refractivity contribution in [3.8, 4) is 0 Å². The number of Topliss-reactive ketones (excluding diaryl/α,β-unsaturated/α-hetero) is 1. The molecule has 0 rings (SSSR count). The second-order valence-corrected chi connectivity index (χ2v) is 8.89. The molecular formula is C33H75NO.